The molecule has 0 bridgehead atoms. The van der Waals surface area contributed by atoms with Crippen LogP contribution in [0.2, 0.25) is 5.02 Å². The maximum Gasteiger partial charge on any atom is 0.308 e. The number of fused-ring (bicyclic) bond motifs is 1. The van der Waals surface area contributed by atoms with Crippen molar-refractivity contribution in [3.8, 4) is 5.75 Å². The van der Waals surface area contributed by atoms with Crippen molar-refractivity contribution < 1.29 is 24.0 Å². The molecule has 1 N–H and O–H groups in total. The van der Waals surface area contributed by atoms with E-state index in [-0.39, 0.29) is 5.57 Å². The molecule has 2 heterocycles. The summed E-state index contributed by atoms with van der Waals surface area (Å²) in [5.41, 5.74) is 4.16. The zero-order valence-electron chi connectivity index (χ0n) is 14.1. The fraction of sp³-hybridized carbons (Fsp3) is 0.105. The highest BCUT2D eigenvalue weighted by Gasteiger charge is 2.50. The molecule has 4 rings (SSSR count). The third-order valence-electron chi connectivity index (χ3n) is 4.19. The van der Waals surface area contributed by atoms with Gasteiger partial charge in [-0.15, -0.1) is 0 Å². The van der Waals surface area contributed by atoms with E-state index >= 15 is 0 Å². The first-order valence-corrected chi connectivity index (χ1v) is 8.42. The Hall–Kier alpha value is -3.16. The molecule has 8 heteroatoms. The molecule has 2 aromatic carbocycles. The number of hydrogen-bond donors (Lipinski definition) is 1. The van der Waals surface area contributed by atoms with Gasteiger partial charge in [0, 0.05) is 17.5 Å². The van der Waals surface area contributed by atoms with Gasteiger partial charge in [0.2, 0.25) is 0 Å². The molecule has 0 radical (unpaired) electrons. The number of esters is 1. The van der Waals surface area contributed by atoms with Crippen LogP contribution in [-0.2, 0) is 19.2 Å². The number of carbonyl (C=O) groups is 3. The SMILES string of the molecule is CC(=O)Oc1ccc(N2C(=O)C3=C(c4ccccc4Cl)NO[C@@H]3C2=O)cc1. The number of ether oxygens (including phenoxy) is 1. The van der Waals surface area contributed by atoms with Crippen LogP contribution in [0.1, 0.15) is 12.5 Å². The predicted molar refractivity (Wildman–Crippen MR) is 96.6 cm³/mol. The zero-order valence-corrected chi connectivity index (χ0v) is 14.8. The smallest absolute Gasteiger partial charge is 0.308 e. The Kier molecular flexibility index (Phi) is 4.18. The molecule has 7 nitrogen and oxygen atoms in total. The number of nitrogens with zero attached hydrogens (tertiary/aromatic N) is 1. The van der Waals surface area contributed by atoms with E-state index in [2.05, 4.69) is 5.48 Å². The van der Waals surface area contributed by atoms with E-state index in [9.17, 15) is 14.4 Å². The number of halogens is 1. The Labute approximate surface area is 159 Å². The molecule has 2 amide bonds. The van der Waals surface area contributed by atoms with Crippen molar-refractivity contribution in [3.05, 3.63) is 64.7 Å². The molecule has 0 aliphatic carbocycles. The Morgan fingerprint density at radius 1 is 1.15 bits per heavy atom. The van der Waals surface area contributed by atoms with E-state index in [1.807, 2.05) is 0 Å². The minimum Gasteiger partial charge on any atom is -0.427 e. The van der Waals surface area contributed by atoms with Crippen LogP contribution in [0.4, 0.5) is 5.69 Å². The molecule has 1 saturated heterocycles. The van der Waals surface area contributed by atoms with E-state index in [0.717, 1.165) is 4.90 Å². The molecule has 1 atom stereocenters. The number of anilines is 1. The summed E-state index contributed by atoms with van der Waals surface area (Å²) in [5, 5.41) is 0.432. The van der Waals surface area contributed by atoms with E-state index in [0.29, 0.717) is 27.7 Å². The second kappa shape index (κ2) is 6.53. The Morgan fingerprint density at radius 3 is 2.52 bits per heavy atom. The quantitative estimate of drug-likeness (QED) is 0.497. The first-order chi connectivity index (χ1) is 13.0. The van der Waals surface area contributed by atoms with Crippen molar-refractivity contribution in [2.45, 2.75) is 13.0 Å². The summed E-state index contributed by atoms with van der Waals surface area (Å²) < 4.78 is 4.96. The first kappa shape index (κ1) is 17.3. The molecule has 0 saturated carbocycles. The number of hydrogen-bond acceptors (Lipinski definition) is 6. The molecule has 27 heavy (non-hydrogen) atoms. The van der Waals surface area contributed by atoms with E-state index in [1.54, 1.807) is 24.3 Å². The van der Waals surface area contributed by atoms with Gasteiger partial charge in [0.25, 0.3) is 11.8 Å². The lowest BCUT2D eigenvalue weighted by atomic mass is 10.0. The van der Waals surface area contributed by atoms with E-state index < -0.39 is 23.9 Å². The Bertz CT molecular complexity index is 999. The molecular formula is C19H13ClN2O5. The third-order valence-corrected chi connectivity index (χ3v) is 4.52. The van der Waals surface area contributed by atoms with Crippen LogP contribution in [-0.4, -0.2) is 23.9 Å². The van der Waals surface area contributed by atoms with Gasteiger partial charge in [-0.2, -0.15) is 0 Å². The maximum atomic E-state index is 13.0. The summed E-state index contributed by atoms with van der Waals surface area (Å²) in [4.78, 5) is 43.1. The van der Waals surface area contributed by atoms with E-state index in [1.165, 1.54) is 31.2 Å². The van der Waals surface area contributed by atoms with Gasteiger partial charge in [-0.05, 0) is 30.3 Å². The largest absolute Gasteiger partial charge is 0.427 e. The summed E-state index contributed by atoms with van der Waals surface area (Å²) in [5.74, 6) is -1.14. The maximum absolute atomic E-state index is 13.0. The normalized spacial score (nSPS) is 18.6. The fourth-order valence-corrected chi connectivity index (χ4v) is 3.26. The average molecular weight is 385 g/mol. The molecular weight excluding hydrogens is 372 g/mol. The molecule has 2 aliphatic rings. The van der Waals surface area contributed by atoms with Gasteiger partial charge in [-0.1, -0.05) is 29.8 Å². The van der Waals surface area contributed by atoms with Crippen LogP contribution in [0.15, 0.2) is 54.1 Å². The number of amides is 2. The number of carbonyl (C=O) groups excluding carboxylic acids is 3. The predicted octanol–water partition coefficient (Wildman–Crippen LogP) is 2.45. The first-order valence-electron chi connectivity index (χ1n) is 8.05. The van der Waals surface area contributed by atoms with Crippen molar-refractivity contribution in [1.82, 2.24) is 5.48 Å². The second-order valence-electron chi connectivity index (χ2n) is 5.93. The van der Waals surface area contributed by atoms with Gasteiger partial charge in [0.15, 0.2) is 6.10 Å². The van der Waals surface area contributed by atoms with Gasteiger partial charge < -0.3 is 4.74 Å². The minimum atomic E-state index is -1.04. The number of imide groups is 1. The molecule has 2 aromatic rings. The molecule has 1 fully saturated rings. The summed E-state index contributed by atoms with van der Waals surface area (Å²) in [6.45, 7) is 1.29. The molecule has 0 spiro atoms. The van der Waals surface area contributed by atoms with Crippen molar-refractivity contribution in [3.63, 3.8) is 0 Å². The van der Waals surface area contributed by atoms with Crippen LogP contribution < -0.4 is 15.1 Å². The summed E-state index contributed by atoms with van der Waals surface area (Å²) in [6.07, 6.45) is -1.04. The Balaban J connectivity index is 1.71. The molecule has 0 aromatic heterocycles. The lowest BCUT2D eigenvalue weighted by Crippen LogP contribution is -2.34. The highest BCUT2D eigenvalue weighted by molar-refractivity contribution is 6.35. The highest BCUT2D eigenvalue weighted by atomic mass is 35.5. The summed E-state index contributed by atoms with van der Waals surface area (Å²) in [7, 11) is 0. The minimum absolute atomic E-state index is 0.206. The van der Waals surface area contributed by atoms with Crippen LogP contribution in [0.5, 0.6) is 5.75 Å². The summed E-state index contributed by atoms with van der Waals surface area (Å²) >= 11 is 6.21. The van der Waals surface area contributed by atoms with Gasteiger partial charge in [0.1, 0.15) is 5.75 Å². The molecule has 136 valence electrons. The van der Waals surface area contributed by atoms with Crippen LogP contribution >= 0.6 is 11.6 Å². The number of rotatable bonds is 3. The van der Waals surface area contributed by atoms with E-state index in [4.69, 9.17) is 21.2 Å². The van der Waals surface area contributed by atoms with Gasteiger partial charge in [-0.3, -0.25) is 24.7 Å². The lowest BCUT2D eigenvalue weighted by Gasteiger charge is -2.16. The topological polar surface area (TPSA) is 84.9 Å². The van der Waals surface area contributed by atoms with Gasteiger partial charge in [-0.25, -0.2) is 4.90 Å². The monoisotopic (exact) mass is 384 g/mol. The van der Waals surface area contributed by atoms with Crippen LogP contribution in [0.3, 0.4) is 0 Å². The average Bonchev–Trinajstić information content (AvgIpc) is 3.17. The van der Waals surface area contributed by atoms with Crippen molar-refractivity contribution >= 4 is 40.8 Å². The zero-order chi connectivity index (χ0) is 19.1. The number of hydroxylamine groups is 1. The van der Waals surface area contributed by atoms with Gasteiger partial charge in [0.05, 0.1) is 17.0 Å². The van der Waals surface area contributed by atoms with Crippen molar-refractivity contribution in [2.24, 2.45) is 0 Å². The van der Waals surface area contributed by atoms with Gasteiger partial charge >= 0.3 is 5.97 Å². The number of benzene rings is 2. The third kappa shape index (κ3) is 2.87. The van der Waals surface area contributed by atoms with Crippen LogP contribution in [0.25, 0.3) is 5.70 Å². The van der Waals surface area contributed by atoms with Crippen LogP contribution in [0, 0.1) is 0 Å². The fourth-order valence-electron chi connectivity index (χ4n) is 3.03. The van der Waals surface area contributed by atoms with Crippen molar-refractivity contribution in [2.75, 3.05) is 4.90 Å². The second-order valence-corrected chi connectivity index (χ2v) is 6.34. The highest BCUT2D eigenvalue weighted by Crippen LogP contribution is 2.37. The number of nitrogens with one attached hydrogen (secondary N) is 1. The Morgan fingerprint density at radius 2 is 1.85 bits per heavy atom. The lowest BCUT2D eigenvalue weighted by molar-refractivity contribution is -0.132. The van der Waals surface area contributed by atoms with Crippen molar-refractivity contribution in [1.29, 1.82) is 0 Å². The summed E-state index contributed by atoms with van der Waals surface area (Å²) in [6, 6.07) is 13.0. The molecule has 2 aliphatic heterocycles. The standard InChI is InChI=1S/C19H13ClN2O5/c1-10(23)26-12-8-6-11(7-9-12)22-18(24)15-16(21-27-17(15)19(22)25)13-4-2-3-5-14(13)20/h2-9,17,21H,1H3/t17-/m0/s1. The molecule has 0 unspecified atom stereocenters.